The number of carbonyl (C=O) groups is 1. The van der Waals surface area contributed by atoms with Gasteiger partial charge in [0.2, 0.25) is 0 Å². The summed E-state index contributed by atoms with van der Waals surface area (Å²) in [5, 5.41) is 32.5. The minimum atomic E-state index is -3.82. The summed E-state index contributed by atoms with van der Waals surface area (Å²) in [6, 6.07) is 6.31. The summed E-state index contributed by atoms with van der Waals surface area (Å²) < 4.78 is 45.0. The molecule has 194 valence electrons. The number of halogens is 3. The maximum Gasteiger partial charge on any atom is 0.298 e. The zero-order valence-electron chi connectivity index (χ0n) is 19.9. The topological polar surface area (TPSA) is 152 Å². The van der Waals surface area contributed by atoms with Crippen LogP contribution in [0, 0.1) is 17.1 Å². The molecule has 0 fully saturated rings. The highest BCUT2D eigenvalue weighted by molar-refractivity contribution is 5.92. The van der Waals surface area contributed by atoms with Gasteiger partial charge < -0.3 is 10.4 Å². The number of pyridine rings is 1. The number of aliphatic hydroxyl groups is 1. The number of aliphatic hydroxyl groups excluding tert-OH is 1. The molecule has 4 aromatic rings. The zero-order chi connectivity index (χ0) is 27.6. The molecular weight excluding hydrogens is 505 g/mol. The molecule has 0 bridgehead atoms. The van der Waals surface area contributed by atoms with Gasteiger partial charge in [0, 0.05) is 24.4 Å². The quantitative estimate of drug-likeness (QED) is 0.373. The molecule has 11 nitrogen and oxygen atoms in total. The minimum absolute atomic E-state index is 0.137. The Morgan fingerprint density at radius 2 is 2.03 bits per heavy atom. The van der Waals surface area contributed by atoms with Gasteiger partial charge in [-0.15, -0.1) is 5.10 Å². The molecule has 1 amide bonds. The smallest absolute Gasteiger partial charge is 0.298 e. The number of amides is 1. The average molecular weight is 524 g/mol. The number of rotatable bonds is 7. The molecule has 1 atom stereocenters. The lowest BCUT2D eigenvalue weighted by Crippen LogP contribution is -2.32. The maximum atomic E-state index is 14.8. The highest BCUT2D eigenvalue weighted by Gasteiger charge is 2.35. The lowest BCUT2D eigenvalue weighted by Gasteiger charge is -2.20. The second kappa shape index (κ2) is 10.2. The van der Waals surface area contributed by atoms with Gasteiger partial charge in [0.05, 0.1) is 35.4 Å². The third-order valence-electron chi connectivity index (χ3n) is 5.68. The van der Waals surface area contributed by atoms with Crippen LogP contribution in [0.15, 0.2) is 53.7 Å². The van der Waals surface area contributed by atoms with Gasteiger partial charge in [-0.25, -0.2) is 9.07 Å². The van der Waals surface area contributed by atoms with E-state index in [2.05, 4.69) is 25.7 Å². The predicted octanol–water partition coefficient (Wildman–Crippen LogP) is 2.01. The number of aromatic nitrogens is 6. The molecule has 0 unspecified atom stereocenters. The van der Waals surface area contributed by atoms with Gasteiger partial charge in [0.15, 0.2) is 5.69 Å². The summed E-state index contributed by atoms with van der Waals surface area (Å²) in [5.74, 6) is -6.01. The number of nitriles is 1. The Kier molecular flexibility index (Phi) is 7.04. The van der Waals surface area contributed by atoms with Crippen LogP contribution in [0.2, 0.25) is 0 Å². The number of nitrogens with one attached hydrogen (secondary N) is 1. The summed E-state index contributed by atoms with van der Waals surface area (Å²) in [7, 11) is 1.66. The molecule has 0 spiro atoms. The van der Waals surface area contributed by atoms with Crippen LogP contribution in [-0.2, 0) is 13.0 Å². The summed E-state index contributed by atoms with van der Waals surface area (Å²) in [5.41, 5.74) is -1.62. The van der Waals surface area contributed by atoms with Crippen LogP contribution in [0.1, 0.15) is 40.1 Å². The van der Waals surface area contributed by atoms with Crippen molar-refractivity contribution in [3.8, 4) is 23.0 Å². The lowest BCUT2D eigenvalue weighted by atomic mass is 10.00. The fourth-order valence-corrected chi connectivity index (χ4v) is 3.70. The van der Waals surface area contributed by atoms with E-state index in [-0.39, 0.29) is 16.9 Å². The van der Waals surface area contributed by atoms with Gasteiger partial charge in [0.1, 0.15) is 24.1 Å². The van der Waals surface area contributed by atoms with Gasteiger partial charge in [-0.3, -0.25) is 14.6 Å². The molecular formula is C24H19F3N8O3. The van der Waals surface area contributed by atoms with Crippen molar-refractivity contribution in [2.24, 2.45) is 7.05 Å². The largest absolute Gasteiger partial charge is 0.390 e. The first-order valence-corrected chi connectivity index (χ1v) is 11.0. The van der Waals surface area contributed by atoms with Crippen LogP contribution in [0.3, 0.4) is 0 Å². The number of hydrogen-bond donors (Lipinski definition) is 2. The lowest BCUT2D eigenvalue weighted by molar-refractivity contribution is -0.0584. The Morgan fingerprint density at radius 1 is 1.26 bits per heavy atom. The molecule has 0 aliphatic rings. The molecule has 0 aliphatic carbocycles. The monoisotopic (exact) mass is 524 g/mol. The van der Waals surface area contributed by atoms with Crippen LogP contribution >= 0.6 is 0 Å². The molecule has 3 aromatic heterocycles. The predicted molar refractivity (Wildman–Crippen MR) is 126 cm³/mol. The van der Waals surface area contributed by atoms with Crippen molar-refractivity contribution in [3.63, 3.8) is 0 Å². The molecule has 0 saturated carbocycles. The molecule has 4 rings (SSSR count). The summed E-state index contributed by atoms with van der Waals surface area (Å²) in [4.78, 5) is 29.9. The minimum Gasteiger partial charge on any atom is -0.390 e. The standard InChI is InChI=1S/C24H19F3N8O3/c1-13(17-4-3-5-18(21(17)25)24(26,27)12-36)31-22(37)19-7-14(8-28)23(38)35(32-19)16-6-15(9-29-10-16)20-11-30-33-34(20)2/h3-7,9-11,13,36H,12H2,1-2H3,(H,31,37)/t13-/m1/s1. The van der Waals surface area contributed by atoms with Gasteiger partial charge in [0.25, 0.3) is 17.4 Å². The Balaban J connectivity index is 1.70. The molecule has 1 aromatic carbocycles. The number of carbonyl (C=O) groups excluding carboxylic acids is 1. The van der Waals surface area contributed by atoms with E-state index in [1.807, 2.05) is 0 Å². The summed E-state index contributed by atoms with van der Waals surface area (Å²) in [6.07, 6.45) is 4.28. The van der Waals surface area contributed by atoms with Crippen LogP contribution < -0.4 is 10.9 Å². The van der Waals surface area contributed by atoms with Crippen LogP contribution in [0.25, 0.3) is 16.9 Å². The van der Waals surface area contributed by atoms with Crippen molar-refractivity contribution < 1.29 is 23.1 Å². The Morgan fingerprint density at radius 3 is 2.68 bits per heavy atom. The fraction of sp³-hybridized carbons (Fsp3) is 0.208. The summed E-state index contributed by atoms with van der Waals surface area (Å²) >= 11 is 0. The van der Waals surface area contributed by atoms with Crippen molar-refractivity contribution in [3.05, 3.63) is 87.5 Å². The Bertz CT molecular complexity index is 1630. The van der Waals surface area contributed by atoms with E-state index in [1.54, 1.807) is 13.1 Å². The first-order chi connectivity index (χ1) is 18.1. The number of benzene rings is 1. The molecule has 3 heterocycles. The van der Waals surface area contributed by atoms with Crippen LogP contribution in [-0.4, -0.2) is 47.4 Å². The zero-order valence-corrected chi connectivity index (χ0v) is 19.9. The van der Waals surface area contributed by atoms with Crippen molar-refractivity contribution in [2.75, 3.05) is 6.61 Å². The second-order valence-electron chi connectivity index (χ2n) is 8.21. The van der Waals surface area contributed by atoms with Gasteiger partial charge in [-0.1, -0.05) is 17.3 Å². The van der Waals surface area contributed by atoms with Crippen molar-refractivity contribution in [1.29, 1.82) is 5.26 Å². The Labute approximate surface area is 212 Å². The van der Waals surface area contributed by atoms with Gasteiger partial charge in [-0.2, -0.15) is 23.8 Å². The summed E-state index contributed by atoms with van der Waals surface area (Å²) in [6.45, 7) is -0.239. The third kappa shape index (κ3) is 4.87. The molecule has 0 aliphatic heterocycles. The van der Waals surface area contributed by atoms with E-state index >= 15 is 0 Å². The molecule has 2 N–H and O–H groups in total. The number of aryl methyl sites for hydroxylation is 1. The number of nitrogens with zero attached hydrogens (tertiary/aromatic N) is 7. The maximum absolute atomic E-state index is 14.8. The SMILES string of the molecule is C[C@@H](NC(=O)c1cc(C#N)c(=O)n(-c2cncc(-c3cnnn3C)c2)n1)c1cccc(C(F)(F)CO)c1F. The van der Waals surface area contributed by atoms with E-state index in [4.69, 9.17) is 5.11 Å². The van der Waals surface area contributed by atoms with E-state index < -0.39 is 47.0 Å². The first-order valence-electron chi connectivity index (χ1n) is 11.0. The van der Waals surface area contributed by atoms with E-state index in [9.17, 15) is 28.0 Å². The van der Waals surface area contributed by atoms with Gasteiger partial charge in [-0.05, 0) is 25.1 Å². The molecule has 38 heavy (non-hydrogen) atoms. The average Bonchev–Trinajstić information content (AvgIpc) is 3.34. The highest BCUT2D eigenvalue weighted by atomic mass is 19.3. The second-order valence-corrected chi connectivity index (χ2v) is 8.21. The first kappa shape index (κ1) is 26.2. The molecule has 0 saturated heterocycles. The number of alkyl halides is 2. The fourth-order valence-electron chi connectivity index (χ4n) is 3.70. The normalized spacial score (nSPS) is 12.1. The van der Waals surface area contributed by atoms with Gasteiger partial charge >= 0.3 is 0 Å². The van der Waals surface area contributed by atoms with Crippen molar-refractivity contribution in [1.82, 2.24) is 35.1 Å². The van der Waals surface area contributed by atoms with E-state index in [0.717, 1.165) is 16.8 Å². The Hall–Kier alpha value is -4.90. The highest BCUT2D eigenvalue weighted by Crippen LogP contribution is 2.32. The number of hydrogen-bond acceptors (Lipinski definition) is 8. The van der Waals surface area contributed by atoms with Crippen LogP contribution in [0.4, 0.5) is 13.2 Å². The molecule has 0 radical (unpaired) electrons. The van der Waals surface area contributed by atoms with E-state index in [0.29, 0.717) is 11.3 Å². The van der Waals surface area contributed by atoms with Crippen molar-refractivity contribution >= 4 is 5.91 Å². The molecule has 14 heteroatoms. The van der Waals surface area contributed by atoms with Crippen LogP contribution in [0.5, 0.6) is 0 Å². The third-order valence-corrected chi connectivity index (χ3v) is 5.68. The van der Waals surface area contributed by atoms with E-state index in [1.165, 1.54) is 48.4 Å². The van der Waals surface area contributed by atoms with Crippen molar-refractivity contribution in [2.45, 2.75) is 18.9 Å².